The number of benzene rings is 2. The summed E-state index contributed by atoms with van der Waals surface area (Å²) in [5, 5.41) is 0. The van der Waals surface area contributed by atoms with Gasteiger partial charge in [-0.15, -0.1) is 0 Å². The van der Waals surface area contributed by atoms with Gasteiger partial charge in [-0.3, -0.25) is 9.59 Å². The average Bonchev–Trinajstić information content (AvgIpc) is 3.43. The Labute approximate surface area is 171 Å². The number of fused-ring (bicyclic) bond motifs is 1. The van der Waals surface area contributed by atoms with Gasteiger partial charge in [-0.25, -0.2) is 0 Å². The third-order valence-electron chi connectivity index (χ3n) is 6.47. The van der Waals surface area contributed by atoms with Crippen molar-refractivity contribution >= 4 is 28.9 Å². The summed E-state index contributed by atoms with van der Waals surface area (Å²) in [6, 6.07) is 16.3. The van der Waals surface area contributed by atoms with Crippen LogP contribution in [0.25, 0.3) is 0 Å². The van der Waals surface area contributed by atoms with Crippen molar-refractivity contribution in [3.8, 4) is 0 Å². The normalized spacial score (nSPS) is 21.6. The fourth-order valence-corrected chi connectivity index (χ4v) is 4.91. The van der Waals surface area contributed by atoms with Crippen molar-refractivity contribution in [2.75, 3.05) is 40.9 Å². The predicted molar refractivity (Wildman–Crippen MR) is 115 cm³/mol. The Morgan fingerprint density at radius 1 is 0.897 bits per heavy atom. The van der Waals surface area contributed by atoms with Crippen molar-refractivity contribution < 1.29 is 9.59 Å². The maximum atomic E-state index is 13.5. The first-order valence-corrected chi connectivity index (χ1v) is 10.8. The van der Waals surface area contributed by atoms with Crippen LogP contribution in [0.4, 0.5) is 17.1 Å². The lowest BCUT2D eigenvalue weighted by molar-refractivity contribution is -0.124. The Kier molecular flexibility index (Phi) is 4.74. The van der Waals surface area contributed by atoms with Crippen LogP contribution >= 0.6 is 0 Å². The summed E-state index contributed by atoms with van der Waals surface area (Å²) < 4.78 is 0. The van der Waals surface area contributed by atoms with Crippen LogP contribution in [0.2, 0.25) is 0 Å². The number of aryl methyl sites for hydroxylation is 1. The maximum Gasteiger partial charge on any atom is 0.232 e. The third kappa shape index (κ3) is 3.39. The quantitative estimate of drug-likeness (QED) is 0.805. The van der Waals surface area contributed by atoms with Gasteiger partial charge in [0.2, 0.25) is 11.8 Å². The molecule has 2 amide bonds. The van der Waals surface area contributed by atoms with Crippen LogP contribution in [-0.2, 0) is 16.0 Å². The second-order valence-electron chi connectivity index (χ2n) is 8.34. The Hall–Kier alpha value is -2.82. The topological polar surface area (TPSA) is 43.9 Å². The zero-order valence-electron chi connectivity index (χ0n) is 16.7. The highest BCUT2D eigenvalue weighted by molar-refractivity contribution is 6.05. The highest BCUT2D eigenvalue weighted by Gasteiger charge is 2.38. The number of amides is 2. The molecule has 3 aliphatic rings. The SMILES string of the molecule is O=C1CC(C(=O)N2CCCc3ccc(N4CCCC4)cc32)CN1c1ccccc1. The largest absolute Gasteiger partial charge is 0.371 e. The third-order valence-corrected chi connectivity index (χ3v) is 6.47. The Balaban J connectivity index is 1.38. The van der Waals surface area contributed by atoms with E-state index in [2.05, 4.69) is 23.1 Å². The van der Waals surface area contributed by atoms with Gasteiger partial charge in [-0.2, -0.15) is 0 Å². The Bertz CT molecular complexity index is 921. The number of carbonyl (C=O) groups excluding carboxylic acids is 2. The van der Waals surface area contributed by atoms with Crippen molar-refractivity contribution in [1.82, 2.24) is 0 Å². The van der Waals surface area contributed by atoms with Gasteiger partial charge in [0.15, 0.2) is 0 Å². The van der Waals surface area contributed by atoms with Gasteiger partial charge in [0.25, 0.3) is 0 Å². The van der Waals surface area contributed by atoms with E-state index in [0.717, 1.165) is 43.9 Å². The molecule has 5 rings (SSSR count). The van der Waals surface area contributed by atoms with E-state index in [-0.39, 0.29) is 17.7 Å². The molecule has 0 N–H and O–H groups in total. The van der Waals surface area contributed by atoms with Gasteiger partial charge in [-0.05, 0) is 55.5 Å². The Morgan fingerprint density at radius 3 is 2.48 bits per heavy atom. The lowest BCUT2D eigenvalue weighted by atomic mass is 9.98. The summed E-state index contributed by atoms with van der Waals surface area (Å²) in [5.41, 5.74) is 4.39. The minimum Gasteiger partial charge on any atom is -0.371 e. The molecule has 29 heavy (non-hydrogen) atoms. The van der Waals surface area contributed by atoms with Crippen molar-refractivity contribution in [2.45, 2.75) is 32.1 Å². The van der Waals surface area contributed by atoms with Crippen molar-refractivity contribution in [3.05, 3.63) is 54.1 Å². The number of nitrogens with zero attached hydrogens (tertiary/aromatic N) is 3. The molecule has 0 radical (unpaired) electrons. The molecular formula is C24H27N3O2. The van der Waals surface area contributed by atoms with Crippen LogP contribution in [-0.4, -0.2) is 38.0 Å². The summed E-state index contributed by atoms with van der Waals surface area (Å²) >= 11 is 0. The minimum atomic E-state index is -0.274. The number of hydrogen-bond donors (Lipinski definition) is 0. The van der Waals surface area contributed by atoms with E-state index in [1.165, 1.54) is 24.1 Å². The van der Waals surface area contributed by atoms with Crippen LogP contribution in [0.5, 0.6) is 0 Å². The van der Waals surface area contributed by atoms with Crippen LogP contribution < -0.4 is 14.7 Å². The molecule has 2 aromatic carbocycles. The highest BCUT2D eigenvalue weighted by Crippen LogP contribution is 2.35. The molecule has 3 aliphatic heterocycles. The fourth-order valence-electron chi connectivity index (χ4n) is 4.91. The summed E-state index contributed by atoms with van der Waals surface area (Å²) in [6.07, 6.45) is 4.76. The molecule has 5 nitrogen and oxygen atoms in total. The number of hydrogen-bond acceptors (Lipinski definition) is 3. The molecule has 1 unspecified atom stereocenters. The summed E-state index contributed by atoms with van der Waals surface area (Å²) in [6.45, 7) is 3.40. The number of rotatable bonds is 3. The molecule has 0 spiro atoms. The van der Waals surface area contributed by atoms with E-state index in [0.29, 0.717) is 13.0 Å². The molecule has 0 saturated carbocycles. The predicted octanol–water partition coefficient (Wildman–Crippen LogP) is 3.62. The number of anilines is 3. The standard InChI is InChI=1S/C24H27N3O2/c28-23-15-19(17-27(23)20-8-2-1-3-9-20)24(29)26-14-6-7-18-10-11-21(16-22(18)26)25-12-4-5-13-25/h1-3,8-11,16,19H,4-7,12-15,17H2. The molecule has 5 heteroatoms. The van der Waals surface area contributed by atoms with Crippen LogP contribution in [0.1, 0.15) is 31.2 Å². The van der Waals surface area contributed by atoms with Crippen molar-refractivity contribution in [3.63, 3.8) is 0 Å². The lowest BCUT2D eigenvalue weighted by Gasteiger charge is -2.32. The zero-order valence-corrected chi connectivity index (χ0v) is 16.7. The molecule has 0 aromatic heterocycles. The van der Waals surface area contributed by atoms with Crippen molar-refractivity contribution in [2.24, 2.45) is 5.92 Å². The summed E-state index contributed by atoms with van der Waals surface area (Å²) in [5.74, 6) is -0.141. The second-order valence-corrected chi connectivity index (χ2v) is 8.34. The van der Waals surface area contributed by atoms with E-state index in [4.69, 9.17) is 0 Å². The first kappa shape index (κ1) is 18.2. The van der Waals surface area contributed by atoms with E-state index >= 15 is 0 Å². The first-order chi connectivity index (χ1) is 14.2. The Morgan fingerprint density at radius 2 is 1.69 bits per heavy atom. The van der Waals surface area contributed by atoms with Crippen LogP contribution in [0.3, 0.4) is 0 Å². The number of para-hydroxylation sites is 1. The average molecular weight is 389 g/mol. The summed E-state index contributed by atoms with van der Waals surface area (Å²) in [7, 11) is 0. The van der Waals surface area contributed by atoms with Gasteiger partial charge in [0.1, 0.15) is 0 Å². The van der Waals surface area contributed by atoms with E-state index in [9.17, 15) is 9.59 Å². The van der Waals surface area contributed by atoms with E-state index < -0.39 is 0 Å². The monoisotopic (exact) mass is 389 g/mol. The van der Waals surface area contributed by atoms with Gasteiger partial charge in [-0.1, -0.05) is 24.3 Å². The smallest absolute Gasteiger partial charge is 0.232 e. The van der Waals surface area contributed by atoms with Gasteiger partial charge in [0.05, 0.1) is 5.92 Å². The second kappa shape index (κ2) is 7.54. The molecule has 2 aromatic rings. The van der Waals surface area contributed by atoms with Gasteiger partial charge in [0, 0.05) is 49.7 Å². The van der Waals surface area contributed by atoms with E-state index in [1.54, 1.807) is 4.90 Å². The molecule has 3 heterocycles. The lowest BCUT2D eigenvalue weighted by Crippen LogP contribution is -2.40. The van der Waals surface area contributed by atoms with Gasteiger partial charge < -0.3 is 14.7 Å². The van der Waals surface area contributed by atoms with Crippen molar-refractivity contribution in [1.29, 1.82) is 0 Å². The molecule has 150 valence electrons. The zero-order chi connectivity index (χ0) is 19.8. The van der Waals surface area contributed by atoms with Gasteiger partial charge >= 0.3 is 0 Å². The van der Waals surface area contributed by atoms with Crippen LogP contribution in [0.15, 0.2) is 48.5 Å². The highest BCUT2D eigenvalue weighted by atomic mass is 16.2. The molecular weight excluding hydrogens is 362 g/mol. The minimum absolute atomic E-state index is 0.0394. The number of carbonyl (C=O) groups is 2. The maximum absolute atomic E-state index is 13.5. The summed E-state index contributed by atoms with van der Waals surface area (Å²) in [4.78, 5) is 32.2. The molecule has 0 aliphatic carbocycles. The first-order valence-electron chi connectivity index (χ1n) is 10.8. The fraction of sp³-hybridized carbons (Fsp3) is 0.417. The molecule has 2 saturated heterocycles. The van der Waals surface area contributed by atoms with E-state index in [1.807, 2.05) is 35.2 Å². The van der Waals surface area contributed by atoms with Crippen LogP contribution in [0, 0.1) is 5.92 Å². The molecule has 1 atom stereocenters. The molecule has 0 bridgehead atoms. The molecule has 2 fully saturated rings.